The smallest absolute Gasteiger partial charge is 0.246 e. The lowest BCUT2D eigenvalue weighted by atomic mass is 10.00. The fraction of sp³-hybridized carbons (Fsp3) is 0.133. The number of aromatic nitrogens is 1. The summed E-state index contributed by atoms with van der Waals surface area (Å²) in [5.41, 5.74) is 1.18. The minimum Gasteiger partial charge on any atom is -0.481 e. The first-order chi connectivity index (χ1) is 9.74. The van der Waals surface area contributed by atoms with Gasteiger partial charge >= 0.3 is 0 Å². The van der Waals surface area contributed by atoms with Crippen molar-refractivity contribution in [1.82, 2.24) is 4.98 Å². The third-order valence-electron chi connectivity index (χ3n) is 2.74. The number of anilines is 1. The Labute approximate surface area is 116 Å². The summed E-state index contributed by atoms with van der Waals surface area (Å²) < 4.78 is 4.94. The van der Waals surface area contributed by atoms with Crippen molar-refractivity contribution in [3.8, 4) is 11.9 Å². The van der Waals surface area contributed by atoms with Gasteiger partial charge in [0.15, 0.2) is 5.92 Å². The lowest BCUT2D eigenvalue weighted by molar-refractivity contribution is -0.116. The topological polar surface area (TPSA) is 75.0 Å². The van der Waals surface area contributed by atoms with Crippen LogP contribution < -0.4 is 10.1 Å². The van der Waals surface area contributed by atoms with Gasteiger partial charge in [0.1, 0.15) is 0 Å². The molecule has 0 aliphatic rings. The normalized spacial score (nSPS) is 11.2. The monoisotopic (exact) mass is 267 g/mol. The van der Waals surface area contributed by atoms with E-state index in [1.807, 2.05) is 12.1 Å². The van der Waals surface area contributed by atoms with Gasteiger partial charge in [0.2, 0.25) is 11.8 Å². The van der Waals surface area contributed by atoms with E-state index >= 15 is 0 Å². The number of hydrogen-bond acceptors (Lipinski definition) is 4. The molecule has 0 bridgehead atoms. The minimum atomic E-state index is -0.849. The molecule has 0 spiro atoms. The lowest BCUT2D eigenvalue weighted by Crippen LogP contribution is -2.20. The van der Waals surface area contributed by atoms with Gasteiger partial charge in [-0.3, -0.25) is 4.79 Å². The van der Waals surface area contributed by atoms with E-state index in [2.05, 4.69) is 10.3 Å². The summed E-state index contributed by atoms with van der Waals surface area (Å²) in [6.07, 6.45) is 1.48. The summed E-state index contributed by atoms with van der Waals surface area (Å²) in [5.74, 6) is -0.771. The van der Waals surface area contributed by atoms with Gasteiger partial charge < -0.3 is 10.1 Å². The zero-order valence-corrected chi connectivity index (χ0v) is 10.9. The molecule has 0 fully saturated rings. The molecule has 0 radical (unpaired) electrons. The van der Waals surface area contributed by atoms with E-state index in [9.17, 15) is 4.79 Å². The maximum Gasteiger partial charge on any atom is 0.246 e. The minimum absolute atomic E-state index is 0.384. The van der Waals surface area contributed by atoms with Crippen LogP contribution in [0, 0.1) is 11.3 Å². The second-order valence-electron chi connectivity index (χ2n) is 4.05. The Morgan fingerprint density at radius 1 is 1.30 bits per heavy atom. The fourth-order valence-corrected chi connectivity index (χ4v) is 1.72. The van der Waals surface area contributed by atoms with Crippen LogP contribution in [-0.2, 0) is 4.79 Å². The van der Waals surface area contributed by atoms with Gasteiger partial charge in [-0.1, -0.05) is 30.3 Å². The highest BCUT2D eigenvalue weighted by Gasteiger charge is 2.19. The molecule has 0 saturated heterocycles. The van der Waals surface area contributed by atoms with Crippen molar-refractivity contribution in [1.29, 1.82) is 5.26 Å². The third kappa shape index (κ3) is 3.12. The molecular formula is C15H13N3O2. The SMILES string of the molecule is COc1ccc(NC(=O)C(C#N)c2ccccc2)cn1. The Morgan fingerprint density at radius 3 is 2.60 bits per heavy atom. The Bertz CT molecular complexity index is 618. The van der Waals surface area contributed by atoms with Gasteiger partial charge in [-0.2, -0.15) is 5.26 Å². The summed E-state index contributed by atoms with van der Waals surface area (Å²) in [7, 11) is 1.52. The van der Waals surface area contributed by atoms with Gasteiger partial charge in [0.05, 0.1) is 25.1 Å². The zero-order chi connectivity index (χ0) is 14.4. The maximum absolute atomic E-state index is 12.1. The maximum atomic E-state index is 12.1. The quantitative estimate of drug-likeness (QED) is 0.922. The number of methoxy groups -OCH3 is 1. The predicted octanol–water partition coefficient (Wildman–Crippen LogP) is 2.34. The summed E-state index contributed by atoms with van der Waals surface area (Å²) in [5, 5.41) is 11.8. The zero-order valence-electron chi connectivity index (χ0n) is 10.9. The molecule has 5 nitrogen and oxygen atoms in total. The Kier molecular flexibility index (Phi) is 4.30. The molecule has 100 valence electrons. The molecule has 0 saturated carbocycles. The van der Waals surface area contributed by atoms with Crippen molar-refractivity contribution < 1.29 is 9.53 Å². The number of pyridine rings is 1. The molecular weight excluding hydrogens is 254 g/mol. The molecule has 0 aliphatic heterocycles. The van der Waals surface area contributed by atoms with Gasteiger partial charge in [-0.15, -0.1) is 0 Å². The van der Waals surface area contributed by atoms with E-state index in [-0.39, 0.29) is 5.91 Å². The van der Waals surface area contributed by atoms with Crippen LogP contribution in [0.1, 0.15) is 11.5 Å². The van der Waals surface area contributed by atoms with E-state index in [4.69, 9.17) is 10.00 Å². The second-order valence-corrected chi connectivity index (χ2v) is 4.05. The second kappa shape index (κ2) is 6.34. The Hall–Kier alpha value is -2.87. The number of ether oxygens (including phenoxy) is 1. The van der Waals surface area contributed by atoms with Crippen molar-refractivity contribution in [2.75, 3.05) is 12.4 Å². The third-order valence-corrected chi connectivity index (χ3v) is 2.74. The van der Waals surface area contributed by atoms with E-state index in [0.717, 1.165) is 0 Å². The van der Waals surface area contributed by atoms with Crippen LogP contribution in [0.25, 0.3) is 0 Å². The van der Waals surface area contributed by atoms with E-state index < -0.39 is 5.92 Å². The Balaban J connectivity index is 2.12. The predicted molar refractivity (Wildman–Crippen MR) is 74.2 cm³/mol. The number of carbonyl (C=O) groups excluding carboxylic acids is 1. The first-order valence-corrected chi connectivity index (χ1v) is 6.00. The van der Waals surface area contributed by atoms with Crippen LogP contribution in [0.3, 0.4) is 0 Å². The van der Waals surface area contributed by atoms with Gasteiger partial charge in [0.25, 0.3) is 0 Å². The number of nitriles is 1. The number of carbonyl (C=O) groups is 1. The Morgan fingerprint density at radius 2 is 2.05 bits per heavy atom. The number of amides is 1. The van der Waals surface area contributed by atoms with Crippen molar-refractivity contribution in [2.24, 2.45) is 0 Å². The standard InChI is InChI=1S/C15H13N3O2/c1-20-14-8-7-12(10-17-14)18-15(19)13(9-16)11-5-3-2-4-6-11/h2-8,10,13H,1H3,(H,18,19). The van der Waals surface area contributed by atoms with Crippen LogP contribution in [0.2, 0.25) is 0 Å². The molecule has 1 heterocycles. The van der Waals surface area contributed by atoms with Gasteiger partial charge in [0, 0.05) is 6.07 Å². The largest absolute Gasteiger partial charge is 0.481 e. The molecule has 1 amide bonds. The number of rotatable bonds is 4. The molecule has 1 aromatic carbocycles. The number of nitrogens with zero attached hydrogens (tertiary/aromatic N) is 2. The molecule has 1 N–H and O–H groups in total. The van der Waals surface area contributed by atoms with Gasteiger partial charge in [-0.05, 0) is 11.6 Å². The van der Waals surface area contributed by atoms with Crippen LogP contribution in [0.5, 0.6) is 5.88 Å². The van der Waals surface area contributed by atoms with Crippen molar-refractivity contribution in [3.63, 3.8) is 0 Å². The average molecular weight is 267 g/mol. The molecule has 2 aromatic rings. The fourth-order valence-electron chi connectivity index (χ4n) is 1.72. The molecule has 1 atom stereocenters. The van der Waals surface area contributed by atoms with E-state index in [1.165, 1.54) is 13.3 Å². The average Bonchev–Trinajstić information content (AvgIpc) is 2.50. The van der Waals surface area contributed by atoms with Crippen molar-refractivity contribution in [3.05, 3.63) is 54.2 Å². The summed E-state index contributed by atoms with van der Waals surface area (Å²) in [4.78, 5) is 16.1. The summed E-state index contributed by atoms with van der Waals surface area (Å²) >= 11 is 0. The summed E-state index contributed by atoms with van der Waals surface area (Å²) in [6, 6.07) is 14.2. The van der Waals surface area contributed by atoms with Crippen LogP contribution >= 0.6 is 0 Å². The molecule has 20 heavy (non-hydrogen) atoms. The molecule has 0 aliphatic carbocycles. The van der Waals surface area contributed by atoms with Gasteiger partial charge in [-0.25, -0.2) is 4.98 Å². The number of nitrogens with one attached hydrogen (secondary N) is 1. The molecule has 1 unspecified atom stereocenters. The lowest BCUT2D eigenvalue weighted by Gasteiger charge is -2.10. The first-order valence-electron chi connectivity index (χ1n) is 6.00. The summed E-state index contributed by atoms with van der Waals surface area (Å²) in [6.45, 7) is 0. The van der Waals surface area contributed by atoms with E-state index in [1.54, 1.807) is 36.4 Å². The van der Waals surface area contributed by atoms with Crippen molar-refractivity contribution in [2.45, 2.75) is 5.92 Å². The van der Waals surface area contributed by atoms with Crippen molar-refractivity contribution >= 4 is 11.6 Å². The highest BCUT2D eigenvalue weighted by molar-refractivity contribution is 5.97. The molecule has 5 heteroatoms. The van der Waals surface area contributed by atoms with E-state index in [0.29, 0.717) is 17.1 Å². The first kappa shape index (κ1) is 13.6. The van der Waals surface area contributed by atoms with Crippen LogP contribution in [0.4, 0.5) is 5.69 Å². The van der Waals surface area contributed by atoms with Crippen LogP contribution in [-0.4, -0.2) is 18.0 Å². The highest BCUT2D eigenvalue weighted by Crippen LogP contribution is 2.18. The van der Waals surface area contributed by atoms with Crippen LogP contribution in [0.15, 0.2) is 48.7 Å². The molecule has 2 rings (SSSR count). The highest BCUT2D eigenvalue weighted by atomic mass is 16.5. The molecule has 1 aromatic heterocycles. The number of benzene rings is 1. The number of hydrogen-bond donors (Lipinski definition) is 1.